The number of hydrogen-bond donors (Lipinski definition) is 0. The summed E-state index contributed by atoms with van der Waals surface area (Å²) in [6.07, 6.45) is 0. The topological polar surface area (TPSA) is 9.86 Å². The zero-order valence-corrected chi connectivity index (χ0v) is 22.2. The molecule has 2 aliphatic heterocycles. The van der Waals surface area contributed by atoms with Crippen molar-refractivity contribution >= 4 is 80.0 Å². The summed E-state index contributed by atoms with van der Waals surface area (Å²) in [5, 5.41) is 6.96. The zero-order valence-electron chi connectivity index (χ0n) is 21.2. The van der Waals surface area contributed by atoms with Crippen LogP contribution in [-0.4, -0.2) is 23.9 Å². The van der Waals surface area contributed by atoms with E-state index in [1.807, 2.05) is 0 Å². The molecule has 0 saturated carbocycles. The third-order valence-corrected chi connectivity index (χ3v) is 10.9. The summed E-state index contributed by atoms with van der Waals surface area (Å²) < 4.78 is 5.08. The number of para-hydroxylation sites is 3. The molecule has 2 nitrogen and oxygen atoms in total. The number of fused-ring (bicyclic) bond motifs is 10. The maximum absolute atomic E-state index is 2.56. The van der Waals surface area contributed by atoms with Crippen LogP contribution in [0.15, 0.2) is 97.1 Å². The SMILES string of the molecule is C[Si](C)(C)c1ccc2c(c1)c1cccc3c1n2-c1cccc2c1B3c1cccc3c4ccccc4n-2c13. The van der Waals surface area contributed by atoms with Crippen LogP contribution < -0.4 is 21.6 Å². The Morgan fingerprint density at radius 1 is 0.541 bits per heavy atom. The molecule has 0 fully saturated rings. The molecule has 0 N–H and O–H groups in total. The van der Waals surface area contributed by atoms with Crippen LogP contribution in [0, 0.1) is 0 Å². The highest BCUT2D eigenvalue weighted by Crippen LogP contribution is 2.38. The first kappa shape index (κ1) is 20.1. The van der Waals surface area contributed by atoms with Gasteiger partial charge in [-0.3, -0.25) is 0 Å². The highest BCUT2D eigenvalue weighted by molar-refractivity contribution is 7.00. The van der Waals surface area contributed by atoms with Crippen molar-refractivity contribution in [3.05, 3.63) is 97.1 Å². The van der Waals surface area contributed by atoms with Crippen LogP contribution in [0.25, 0.3) is 55.0 Å². The number of nitrogens with zero attached hydrogens (tertiary/aromatic N) is 2. The molecule has 7 aromatic rings. The summed E-state index contributed by atoms with van der Waals surface area (Å²) in [6, 6.07) is 37.0. The Morgan fingerprint density at radius 2 is 1.11 bits per heavy atom. The van der Waals surface area contributed by atoms with Crippen molar-refractivity contribution in [2.24, 2.45) is 0 Å². The molecule has 0 unspecified atom stereocenters. The predicted molar refractivity (Wildman–Crippen MR) is 163 cm³/mol. The number of hydrogen-bond acceptors (Lipinski definition) is 0. The largest absolute Gasteiger partial charge is 0.310 e. The van der Waals surface area contributed by atoms with E-state index in [4.69, 9.17) is 0 Å². The summed E-state index contributed by atoms with van der Waals surface area (Å²) in [7, 11) is -1.43. The first-order valence-corrected chi connectivity index (χ1v) is 16.8. The van der Waals surface area contributed by atoms with Crippen molar-refractivity contribution in [1.82, 2.24) is 9.13 Å². The molecule has 0 amide bonds. The van der Waals surface area contributed by atoms with Crippen molar-refractivity contribution in [3.63, 3.8) is 0 Å². The van der Waals surface area contributed by atoms with Crippen LogP contribution in [0.4, 0.5) is 0 Å². The molecule has 2 aromatic heterocycles. The molecule has 9 rings (SSSR count). The lowest BCUT2D eigenvalue weighted by Gasteiger charge is -2.33. The Hall–Kier alpha value is -4.02. The third-order valence-electron chi connectivity index (χ3n) is 8.86. The minimum atomic E-state index is -1.43. The van der Waals surface area contributed by atoms with Crippen LogP contribution >= 0.6 is 0 Å². The quantitative estimate of drug-likeness (QED) is 0.268. The minimum Gasteiger partial charge on any atom is -0.310 e. The lowest BCUT2D eigenvalue weighted by molar-refractivity contribution is 1.14. The van der Waals surface area contributed by atoms with Crippen molar-refractivity contribution < 1.29 is 0 Å². The van der Waals surface area contributed by atoms with Crippen molar-refractivity contribution in [1.29, 1.82) is 0 Å². The summed E-state index contributed by atoms with van der Waals surface area (Å²) >= 11 is 0. The average Bonchev–Trinajstić information content (AvgIpc) is 3.43. The first-order chi connectivity index (χ1) is 18.0. The van der Waals surface area contributed by atoms with Crippen LogP contribution in [0.1, 0.15) is 0 Å². The molecule has 37 heavy (non-hydrogen) atoms. The van der Waals surface area contributed by atoms with Gasteiger partial charge in [0.25, 0.3) is 6.71 Å². The Bertz CT molecular complexity index is 2140. The molecule has 0 saturated heterocycles. The highest BCUT2D eigenvalue weighted by atomic mass is 28.3. The molecule has 4 heterocycles. The zero-order chi connectivity index (χ0) is 24.6. The van der Waals surface area contributed by atoms with E-state index in [1.165, 1.54) is 76.6 Å². The number of rotatable bonds is 1. The van der Waals surface area contributed by atoms with Gasteiger partial charge >= 0.3 is 0 Å². The molecule has 0 radical (unpaired) electrons. The molecule has 0 spiro atoms. The van der Waals surface area contributed by atoms with Gasteiger partial charge in [-0.25, -0.2) is 0 Å². The molecule has 5 aromatic carbocycles. The van der Waals surface area contributed by atoms with Crippen LogP contribution in [0.5, 0.6) is 0 Å². The van der Waals surface area contributed by atoms with E-state index in [0.29, 0.717) is 0 Å². The molecular weight excluding hydrogens is 463 g/mol. The van der Waals surface area contributed by atoms with Crippen LogP contribution in [0.2, 0.25) is 19.6 Å². The van der Waals surface area contributed by atoms with E-state index < -0.39 is 8.07 Å². The summed E-state index contributed by atoms with van der Waals surface area (Å²) in [5.41, 5.74) is 12.2. The van der Waals surface area contributed by atoms with Crippen LogP contribution in [-0.2, 0) is 0 Å². The van der Waals surface area contributed by atoms with Gasteiger partial charge in [0, 0.05) is 44.0 Å². The maximum Gasteiger partial charge on any atom is 0.252 e. The van der Waals surface area contributed by atoms with E-state index in [2.05, 4.69) is 126 Å². The lowest BCUT2D eigenvalue weighted by Crippen LogP contribution is -2.59. The van der Waals surface area contributed by atoms with E-state index in [-0.39, 0.29) is 6.71 Å². The van der Waals surface area contributed by atoms with Crippen LogP contribution in [0.3, 0.4) is 0 Å². The Morgan fingerprint density at radius 3 is 1.78 bits per heavy atom. The fraction of sp³-hybridized carbons (Fsp3) is 0.0909. The van der Waals surface area contributed by atoms with Gasteiger partial charge in [-0.05, 0) is 40.7 Å². The molecule has 174 valence electrons. The van der Waals surface area contributed by atoms with Gasteiger partial charge in [-0.2, -0.15) is 0 Å². The van der Waals surface area contributed by atoms with Gasteiger partial charge in [0.1, 0.15) is 0 Å². The van der Waals surface area contributed by atoms with E-state index in [0.717, 1.165) is 0 Å². The van der Waals surface area contributed by atoms with Gasteiger partial charge < -0.3 is 9.13 Å². The van der Waals surface area contributed by atoms with Gasteiger partial charge in [-0.15, -0.1) is 0 Å². The molecule has 0 atom stereocenters. The fourth-order valence-corrected chi connectivity index (χ4v) is 8.44. The van der Waals surface area contributed by atoms with Crippen molar-refractivity contribution in [2.45, 2.75) is 19.6 Å². The summed E-state index contributed by atoms with van der Waals surface area (Å²) in [6.45, 7) is 7.55. The maximum atomic E-state index is 2.56. The standard InChI is InChI=1S/C33H25BN2Si/c1-37(2,3)20-17-18-28-24(19-20)23-11-7-13-26-33(23)36(28)30-16-8-15-29-31(30)34(26)25-12-6-10-22-21-9-4-5-14-27(21)35(29)32(22)25/h4-19H,1-3H3. The monoisotopic (exact) mass is 488 g/mol. The van der Waals surface area contributed by atoms with Crippen molar-refractivity contribution in [3.8, 4) is 11.4 Å². The second-order valence-electron chi connectivity index (χ2n) is 11.8. The Kier molecular flexibility index (Phi) is 3.50. The van der Waals surface area contributed by atoms with E-state index in [1.54, 1.807) is 0 Å². The van der Waals surface area contributed by atoms with E-state index >= 15 is 0 Å². The van der Waals surface area contributed by atoms with E-state index in [9.17, 15) is 0 Å². The average molecular weight is 488 g/mol. The number of benzene rings is 5. The Labute approximate surface area is 216 Å². The predicted octanol–water partition coefficient (Wildman–Crippen LogP) is 5.57. The first-order valence-electron chi connectivity index (χ1n) is 13.3. The second-order valence-corrected chi connectivity index (χ2v) is 16.9. The van der Waals surface area contributed by atoms with Crippen molar-refractivity contribution in [2.75, 3.05) is 0 Å². The summed E-state index contributed by atoms with van der Waals surface area (Å²) in [4.78, 5) is 0. The number of aromatic nitrogens is 2. The molecular formula is C33H25BN2Si. The van der Waals surface area contributed by atoms with Gasteiger partial charge in [-0.1, -0.05) is 97.6 Å². The van der Waals surface area contributed by atoms with Gasteiger partial charge in [0.05, 0.1) is 19.1 Å². The third kappa shape index (κ3) is 2.29. The lowest BCUT2D eigenvalue weighted by atomic mass is 9.34. The Balaban J connectivity index is 1.50. The van der Waals surface area contributed by atoms with Gasteiger partial charge in [0.15, 0.2) is 0 Å². The summed E-state index contributed by atoms with van der Waals surface area (Å²) in [5.74, 6) is 0. The van der Waals surface area contributed by atoms with Gasteiger partial charge in [0.2, 0.25) is 0 Å². The molecule has 2 aliphatic rings. The molecule has 0 aliphatic carbocycles. The highest BCUT2D eigenvalue weighted by Gasteiger charge is 2.40. The molecule has 0 bridgehead atoms. The minimum absolute atomic E-state index is 0.226. The second kappa shape index (κ2) is 6.45. The normalized spacial score (nSPS) is 13.8. The smallest absolute Gasteiger partial charge is 0.252 e. The molecule has 4 heteroatoms. The fourth-order valence-electron chi connectivity index (χ4n) is 7.28.